The number of fused-ring (bicyclic) bond motifs is 1. The summed E-state index contributed by atoms with van der Waals surface area (Å²) in [5, 5.41) is 0.667. The molecule has 0 unspecified atom stereocenters. The van der Waals surface area contributed by atoms with Crippen molar-refractivity contribution >= 4 is 32.6 Å². The number of piperazine rings is 1. The summed E-state index contributed by atoms with van der Waals surface area (Å²) in [7, 11) is 0. The summed E-state index contributed by atoms with van der Waals surface area (Å²) in [4.78, 5) is 20.7. The molecule has 1 amide bonds. The van der Waals surface area contributed by atoms with Crippen LogP contribution in [0.4, 0.5) is 13.9 Å². The third-order valence-corrected chi connectivity index (χ3v) is 5.84. The van der Waals surface area contributed by atoms with Gasteiger partial charge < -0.3 is 9.80 Å². The fraction of sp³-hybridized carbons (Fsp3) is 0.300. The lowest BCUT2D eigenvalue weighted by molar-refractivity contribution is -0.130. The fourth-order valence-corrected chi connectivity index (χ4v) is 4.28. The number of hydrogen-bond acceptors (Lipinski definition) is 4. The van der Waals surface area contributed by atoms with Crippen LogP contribution in [0.1, 0.15) is 11.1 Å². The first-order chi connectivity index (χ1) is 13.0. The van der Waals surface area contributed by atoms with E-state index in [-0.39, 0.29) is 11.4 Å². The number of anilines is 1. The number of amides is 1. The number of benzene rings is 2. The minimum atomic E-state index is -0.639. The Labute approximate surface area is 160 Å². The summed E-state index contributed by atoms with van der Waals surface area (Å²) >= 11 is 1.28. The molecule has 1 fully saturated rings. The van der Waals surface area contributed by atoms with E-state index in [1.54, 1.807) is 0 Å². The first kappa shape index (κ1) is 17.9. The second-order valence-electron chi connectivity index (χ2n) is 6.76. The number of rotatable bonds is 3. The molecule has 4 nitrogen and oxygen atoms in total. The van der Waals surface area contributed by atoms with Crippen molar-refractivity contribution in [2.45, 2.75) is 13.3 Å². The van der Waals surface area contributed by atoms with Gasteiger partial charge in [-0.15, -0.1) is 0 Å². The summed E-state index contributed by atoms with van der Waals surface area (Å²) < 4.78 is 27.7. The van der Waals surface area contributed by atoms with Gasteiger partial charge in [0.1, 0.15) is 11.3 Å². The van der Waals surface area contributed by atoms with Crippen molar-refractivity contribution in [3.8, 4) is 0 Å². The first-order valence-corrected chi connectivity index (χ1v) is 9.65. The maximum Gasteiger partial charge on any atom is 0.227 e. The molecule has 0 atom stereocenters. The Morgan fingerprint density at radius 3 is 2.52 bits per heavy atom. The van der Waals surface area contributed by atoms with E-state index in [9.17, 15) is 13.6 Å². The lowest BCUT2D eigenvalue weighted by Crippen LogP contribution is -2.49. The summed E-state index contributed by atoms with van der Waals surface area (Å²) in [6.45, 7) is 4.47. The van der Waals surface area contributed by atoms with Gasteiger partial charge >= 0.3 is 0 Å². The van der Waals surface area contributed by atoms with Gasteiger partial charge in [-0.1, -0.05) is 41.2 Å². The summed E-state index contributed by atoms with van der Waals surface area (Å²) in [6, 6.07) is 10.1. The monoisotopic (exact) mass is 387 g/mol. The van der Waals surface area contributed by atoms with Gasteiger partial charge in [0.2, 0.25) is 5.91 Å². The molecule has 27 heavy (non-hydrogen) atoms. The molecule has 1 aliphatic heterocycles. The maximum absolute atomic E-state index is 13.9. The van der Waals surface area contributed by atoms with Crippen LogP contribution in [-0.2, 0) is 11.2 Å². The van der Waals surface area contributed by atoms with E-state index in [1.165, 1.54) is 23.0 Å². The molecule has 1 aliphatic rings. The number of aryl methyl sites for hydroxylation is 1. The van der Waals surface area contributed by atoms with Crippen molar-refractivity contribution in [1.82, 2.24) is 9.88 Å². The molecule has 2 heterocycles. The van der Waals surface area contributed by atoms with E-state index in [0.29, 0.717) is 42.4 Å². The Balaban J connectivity index is 1.40. The topological polar surface area (TPSA) is 36.4 Å². The van der Waals surface area contributed by atoms with Gasteiger partial charge in [-0.05, 0) is 18.6 Å². The third kappa shape index (κ3) is 3.78. The highest BCUT2D eigenvalue weighted by Gasteiger charge is 2.23. The van der Waals surface area contributed by atoms with Crippen LogP contribution >= 0.6 is 11.3 Å². The largest absolute Gasteiger partial charge is 0.345 e. The van der Waals surface area contributed by atoms with E-state index in [4.69, 9.17) is 0 Å². The molecule has 7 heteroatoms. The molecular formula is C20H19F2N3OS. The predicted molar refractivity (Wildman–Crippen MR) is 103 cm³/mol. The standard InChI is InChI=1S/C20H19F2N3OS/c1-13-2-4-14(5-3-13)10-18(26)24-6-8-25(9-7-24)20-23-19-16(22)11-15(21)12-17(19)27-20/h2-5,11-12H,6-10H2,1H3. The lowest BCUT2D eigenvalue weighted by Gasteiger charge is -2.34. The minimum Gasteiger partial charge on any atom is -0.345 e. The molecule has 3 aromatic rings. The van der Waals surface area contributed by atoms with Gasteiger partial charge in [-0.25, -0.2) is 13.8 Å². The quantitative estimate of drug-likeness (QED) is 0.686. The van der Waals surface area contributed by atoms with Crippen LogP contribution < -0.4 is 4.90 Å². The molecule has 0 N–H and O–H groups in total. The van der Waals surface area contributed by atoms with Crippen LogP contribution in [0.2, 0.25) is 0 Å². The Morgan fingerprint density at radius 1 is 1.11 bits per heavy atom. The molecule has 0 aliphatic carbocycles. The molecule has 4 rings (SSSR count). The van der Waals surface area contributed by atoms with Crippen molar-refractivity contribution in [2.75, 3.05) is 31.1 Å². The smallest absolute Gasteiger partial charge is 0.227 e. The van der Waals surface area contributed by atoms with Gasteiger partial charge in [0.05, 0.1) is 11.1 Å². The van der Waals surface area contributed by atoms with E-state index >= 15 is 0 Å². The highest BCUT2D eigenvalue weighted by atomic mass is 32.1. The summed E-state index contributed by atoms with van der Waals surface area (Å²) in [6.07, 6.45) is 0.395. The van der Waals surface area contributed by atoms with Gasteiger partial charge in [0.15, 0.2) is 10.9 Å². The Bertz CT molecular complexity index is 979. The highest BCUT2D eigenvalue weighted by molar-refractivity contribution is 7.22. The zero-order valence-corrected chi connectivity index (χ0v) is 15.7. The normalized spacial score (nSPS) is 14.8. The van der Waals surface area contributed by atoms with Crippen molar-refractivity contribution in [3.05, 3.63) is 59.2 Å². The van der Waals surface area contributed by atoms with E-state index in [2.05, 4.69) is 4.98 Å². The number of halogens is 2. The van der Waals surface area contributed by atoms with Crippen LogP contribution in [0.3, 0.4) is 0 Å². The highest BCUT2D eigenvalue weighted by Crippen LogP contribution is 2.31. The molecule has 2 aromatic carbocycles. The molecule has 1 aromatic heterocycles. The average Bonchev–Trinajstić information content (AvgIpc) is 3.08. The molecular weight excluding hydrogens is 368 g/mol. The molecule has 0 bridgehead atoms. The number of thiazole rings is 1. The van der Waals surface area contributed by atoms with E-state index in [0.717, 1.165) is 11.6 Å². The van der Waals surface area contributed by atoms with Gasteiger partial charge in [-0.2, -0.15) is 0 Å². The van der Waals surface area contributed by atoms with Crippen LogP contribution in [0.25, 0.3) is 10.2 Å². The Morgan fingerprint density at radius 2 is 1.81 bits per heavy atom. The lowest BCUT2D eigenvalue weighted by atomic mass is 10.1. The Kier molecular flexibility index (Phi) is 4.78. The number of hydrogen-bond donors (Lipinski definition) is 0. The van der Waals surface area contributed by atoms with Crippen molar-refractivity contribution in [1.29, 1.82) is 0 Å². The third-order valence-electron chi connectivity index (χ3n) is 4.78. The second-order valence-corrected chi connectivity index (χ2v) is 7.77. The SMILES string of the molecule is Cc1ccc(CC(=O)N2CCN(c3nc4c(F)cc(F)cc4s3)CC2)cc1. The molecule has 0 spiro atoms. The van der Waals surface area contributed by atoms with Crippen molar-refractivity contribution in [3.63, 3.8) is 0 Å². The second kappa shape index (κ2) is 7.23. The zero-order chi connectivity index (χ0) is 19.0. The van der Waals surface area contributed by atoms with Crippen molar-refractivity contribution in [2.24, 2.45) is 0 Å². The molecule has 1 saturated heterocycles. The van der Waals surface area contributed by atoms with Crippen LogP contribution in [0.15, 0.2) is 36.4 Å². The number of carbonyl (C=O) groups is 1. The molecule has 0 radical (unpaired) electrons. The van der Waals surface area contributed by atoms with Crippen LogP contribution in [-0.4, -0.2) is 42.0 Å². The average molecular weight is 387 g/mol. The Hall–Kier alpha value is -2.54. The zero-order valence-electron chi connectivity index (χ0n) is 14.9. The van der Waals surface area contributed by atoms with E-state index < -0.39 is 11.6 Å². The summed E-state index contributed by atoms with van der Waals surface area (Å²) in [5.74, 6) is -1.13. The van der Waals surface area contributed by atoms with E-state index in [1.807, 2.05) is 41.0 Å². The number of nitrogens with zero attached hydrogens (tertiary/aromatic N) is 3. The maximum atomic E-state index is 13.9. The van der Waals surface area contributed by atoms with Crippen molar-refractivity contribution < 1.29 is 13.6 Å². The molecule has 140 valence electrons. The minimum absolute atomic E-state index is 0.107. The fourth-order valence-electron chi connectivity index (χ4n) is 3.22. The number of aromatic nitrogens is 1. The van der Waals surface area contributed by atoms with Crippen LogP contribution in [0, 0.1) is 18.6 Å². The molecule has 0 saturated carbocycles. The van der Waals surface area contributed by atoms with Gasteiger partial charge in [-0.3, -0.25) is 4.79 Å². The van der Waals surface area contributed by atoms with Gasteiger partial charge in [0, 0.05) is 32.2 Å². The first-order valence-electron chi connectivity index (χ1n) is 8.83. The van der Waals surface area contributed by atoms with Crippen LogP contribution in [0.5, 0.6) is 0 Å². The summed E-state index contributed by atoms with van der Waals surface area (Å²) in [5.41, 5.74) is 2.39. The predicted octanol–water partition coefficient (Wildman–Crippen LogP) is 3.77. The van der Waals surface area contributed by atoms with Gasteiger partial charge in [0.25, 0.3) is 0 Å². The number of carbonyl (C=O) groups excluding carboxylic acids is 1.